The Morgan fingerprint density at radius 2 is 1.87 bits per heavy atom. The van der Waals surface area contributed by atoms with E-state index in [4.69, 9.17) is 0 Å². The van der Waals surface area contributed by atoms with E-state index in [0.717, 1.165) is 25.0 Å². The Morgan fingerprint density at radius 3 is 2.13 bits per heavy atom. The summed E-state index contributed by atoms with van der Waals surface area (Å²) in [5, 5.41) is 0. The van der Waals surface area contributed by atoms with Gasteiger partial charge in [0.2, 0.25) is 0 Å². The maximum absolute atomic E-state index is 10.1. The largest absolute Gasteiger partial charge is 0.466 e. The number of ether oxygens (including phenoxy) is 2. The third-order valence-corrected chi connectivity index (χ3v) is 1.36. The van der Waals surface area contributed by atoms with Crippen LogP contribution in [0.4, 0.5) is 0 Å². The van der Waals surface area contributed by atoms with Crippen LogP contribution in [0.1, 0.15) is 26.7 Å². The second-order valence-corrected chi connectivity index (χ2v) is 2.77. The van der Waals surface area contributed by atoms with Crippen LogP contribution in [0.15, 0.2) is 12.2 Å². The molecule has 84 valence electrons. The second kappa shape index (κ2) is 7.73. The predicted molar refractivity (Wildman–Crippen MR) is 51.8 cm³/mol. The molecule has 0 aliphatic carbocycles. The molecule has 1 aliphatic heterocycles. The quantitative estimate of drug-likeness (QED) is 0.398. The summed E-state index contributed by atoms with van der Waals surface area (Å²) in [7, 11) is 0. The number of hydrogen-bond donors (Lipinski definition) is 0. The Bertz CT molecular complexity index is 251. The van der Waals surface area contributed by atoms with E-state index in [1.807, 2.05) is 0 Å². The summed E-state index contributed by atoms with van der Waals surface area (Å²) in [4.78, 5) is 29.9. The molecule has 0 fully saturated rings. The van der Waals surface area contributed by atoms with E-state index in [1.165, 1.54) is 6.92 Å². The summed E-state index contributed by atoms with van der Waals surface area (Å²) >= 11 is 0. The van der Waals surface area contributed by atoms with Crippen molar-refractivity contribution in [2.45, 2.75) is 26.7 Å². The molecule has 0 aromatic carbocycles. The molecular formula is C10H14O5. The van der Waals surface area contributed by atoms with E-state index in [1.54, 1.807) is 0 Å². The molecule has 0 atom stereocenters. The van der Waals surface area contributed by atoms with Crippen LogP contribution in [0.5, 0.6) is 0 Å². The number of hydrogen-bond acceptors (Lipinski definition) is 5. The van der Waals surface area contributed by atoms with E-state index >= 15 is 0 Å². The van der Waals surface area contributed by atoms with Crippen LogP contribution in [0, 0.1) is 0 Å². The maximum Gasteiger partial charge on any atom is 0.338 e. The summed E-state index contributed by atoms with van der Waals surface area (Å²) in [6, 6.07) is 0. The molecule has 0 aromatic rings. The first-order chi connectivity index (χ1) is 7.06. The van der Waals surface area contributed by atoms with Crippen LogP contribution in [-0.4, -0.2) is 24.5 Å². The third kappa shape index (κ3) is 8.67. The lowest BCUT2D eigenvalue weighted by atomic mass is 10.4. The molecule has 0 saturated carbocycles. The number of carbonyl (C=O) groups excluding carboxylic acids is 3. The van der Waals surface area contributed by atoms with E-state index in [-0.39, 0.29) is 5.97 Å². The Balaban J connectivity index is 0.000000262. The van der Waals surface area contributed by atoms with Gasteiger partial charge in [-0.1, -0.05) is 13.3 Å². The minimum atomic E-state index is -0.579. The SMILES string of the molecule is CCCCOC(C)=O.O=C1C=CC(=O)O1. The summed E-state index contributed by atoms with van der Waals surface area (Å²) < 4.78 is 8.62. The molecule has 1 heterocycles. The lowest BCUT2D eigenvalue weighted by molar-refractivity contribution is -0.150. The van der Waals surface area contributed by atoms with E-state index in [0.29, 0.717) is 6.61 Å². The molecule has 0 unspecified atom stereocenters. The van der Waals surface area contributed by atoms with Gasteiger partial charge in [-0.2, -0.15) is 0 Å². The second-order valence-electron chi connectivity index (χ2n) is 2.77. The molecule has 0 saturated heterocycles. The van der Waals surface area contributed by atoms with Crippen molar-refractivity contribution in [1.82, 2.24) is 0 Å². The van der Waals surface area contributed by atoms with Crippen molar-refractivity contribution in [1.29, 1.82) is 0 Å². The monoisotopic (exact) mass is 214 g/mol. The molecule has 0 radical (unpaired) electrons. The maximum atomic E-state index is 10.1. The van der Waals surface area contributed by atoms with Crippen LogP contribution < -0.4 is 0 Å². The van der Waals surface area contributed by atoms with Crippen molar-refractivity contribution in [3.05, 3.63) is 12.2 Å². The molecule has 0 bridgehead atoms. The van der Waals surface area contributed by atoms with Gasteiger partial charge in [-0.05, 0) is 6.42 Å². The van der Waals surface area contributed by atoms with Crippen molar-refractivity contribution in [2.75, 3.05) is 6.61 Å². The van der Waals surface area contributed by atoms with Crippen LogP contribution in [-0.2, 0) is 23.9 Å². The van der Waals surface area contributed by atoms with E-state index in [2.05, 4.69) is 16.4 Å². The van der Waals surface area contributed by atoms with Crippen molar-refractivity contribution in [2.24, 2.45) is 0 Å². The third-order valence-electron chi connectivity index (χ3n) is 1.36. The molecular weight excluding hydrogens is 200 g/mol. The molecule has 0 amide bonds. The number of cyclic esters (lactones) is 2. The zero-order valence-corrected chi connectivity index (χ0v) is 8.82. The first kappa shape index (κ1) is 13.4. The molecule has 0 aromatic heterocycles. The van der Waals surface area contributed by atoms with Crippen molar-refractivity contribution in [3.63, 3.8) is 0 Å². The van der Waals surface area contributed by atoms with E-state index in [9.17, 15) is 14.4 Å². The number of rotatable bonds is 3. The van der Waals surface area contributed by atoms with Gasteiger partial charge in [0, 0.05) is 19.1 Å². The Morgan fingerprint density at radius 1 is 1.33 bits per heavy atom. The summed E-state index contributed by atoms with van der Waals surface area (Å²) in [5.41, 5.74) is 0. The minimum absolute atomic E-state index is 0.182. The zero-order chi connectivity index (χ0) is 11.7. The highest BCUT2D eigenvalue weighted by atomic mass is 16.6. The molecule has 0 N–H and O–H groups in total. The Labute approximate surface area is 88.0 Å². The molecule has 1 aliphatic rings. The average Bonchev–Trinajstić information content (AvgIpc) is 2.51. The van der Waals surface area contributed by atoms with E-state index < -0.39 is 11.9 Å². The number of carbonyl (C=O) groups is 3. The molecule has 0 spiro atoms. The van der Waals surface area contributed by atoms with Crippen LogP contribution >= 0.6 is 0 Å². The summed E-state index contributed by atoms with van der Waals surface area (Å²) in [5.74, 6) is -1.34. The minimum Gasteiger partial charge on any atom is -0.466 e. The molecule has 5 heteroatoms. The van der Waals surface area contributed by atoms with Crippen molar-refractivity contribution < 1.29 is 23.9 Å². The average molecular weight is 214 g/mol. The van der Waals surface area contributed by atoms with Gasteiger partial charge in [0.05, 0.1) is 6.61 Å². The molecule has 5 nitrogen and oxygen atoms in total. The van der Waals surface area contributed by atoms with Crippen LogP contribution in [0.3, 0.4) is 0 Å². The number of esters is 3. The first-order valence-corrected chi connectivity index (χ1v) is 4.63. The first-order valence-electron chi connectivity index (χ1n) is 4.63. The van der Waals surface area contributed by atoms with Gasteiger partial charge in [-0.25, -0.2) is 9.59 Å². The highest BCUT2D eigenvalue weighted by molar-refractivity contribution is 6.04. The smallest absolute Gasteiger partial charge is 0.338 e. The highest BCUT2D eigenvalue weighted by Crippen LogP contribution is 1.92. The normalized spacial score (nSPS) is 12.9. The topological polar surface area (TPSA) is 69.7 Å². The van der Waals surface area contributed by atoms with Gasteiger partial charge >= 0.3 is 17.9 Å². The fraction of sp³-hybridized carbons (Fsp3) is 0.500. The number of unbranched alkanes of at least 4 members (excludes halogenated alkanes) is 1. The van der Waals surface area contributed by atoms with Gasteiger partial charge < -0.3 is 9.47 Å². The highest BCUT2D eigenvalue weighted by Gasteiger charge is 2.10. The fourth-order valence-corrected chi connectivity index (χ4v) is 0.664. The Hall–Kier alpha value is -1.65. The lowest BCUT2D eigenvalue weighted by Gasteiger charge is -1.96. The van der Waals surface area contributed by atoms with Crippen molar-refractivity contribution in [3.8, 4) is 0 Å². The van der Waals surface area contributed by atoms with Gasteiger partial charge in [-0.15, -0.1) is 0 Å². The molecule has 15 heavy (non-hydrogen) atoms. The standard InChI is InChI=1S/C6H12O2.C4H2O3/c1-3-4-5-8-6(2)7;5-3-1-2-4(6)7-3/h3-5H2,1-2H3;1-2H. The molecule has 1 rings (SSSR count). The summed E-state index contributed by atoms with van der Waals surface area (Å²) in [6.45, 7) is 4.06. The lowest BCUT2D eigenvalue weighted by Crippen LogP contribution is -1.99. The van der Waals surface area contributed by atoms with Crippen LogP contribution in [0.2, 0.25) is 0 Å². The fourth-order valence-electron chi connectivity index (χ4n) is 0.664. The van der Waals surface area contributed by atoms with Gasteiger partial charge in [0.1, 0.15) is 0 Å². The predicted octanol–water partition coefficient (Wildman–Crippen LogP) is 0.976. The summed E-state index contributed by atoms with van der Waals surface area (Å²) in [6.07, 6.45) is 4.22. The van der Waals surface area contributed by atoms with Gasteiger partial charge in [0.25, 0.3) is 0 Å². The Kier molecular flexibility index (Phi) is 6.88. The van der Waals surface area contributed by atoms with Crippen LogP contribution in [0.25, 0.3) is 0 Å². The zero-order valence-electron chi connectivity index (χ0n) is 8.82. The van der Waals surface area contributed by atoms with Crippen molar-refractivity contribution >= 4 is 17.9 Å². The van der Waals surface area contributed by atoms with Gasteiger partial charge in [-0.3, -0.25) is 4.79 Å². The van der Waals surface area contributed by atoms with Gasteiger partial charge in [0.15, 0.2) is 0 Å².